The lowest BCUT2D eigenvalue weighted by Crippen LogP contribution is -2.61. The van der Waals surface area contributed by atoms with Crippen LogP contribution in [0, 0.1) is 11.8 Å². The molecule has 16 heteroatoms. The SMILES string of the molecule is CC(NC(=O)C(C)(C)NC(=O)C(CC(=O)C(C)(C)NC(=O)C(C)NC(=O)C(C)(C)NC(=O)C(CC(=O)C(C)(C)N)Cc1ccc2ccccc2c1)Cc1ccc(C(=O)c2ccccc2)cc1)C(N)=O. The van der Waals surface area contributed by atoms with Crippen LogP contribution in [0.15, 0.2) is 97.1 Å². The van der Waals surface area contributed by atoms with E-state index in [4.69, 9.17) is 11.5 Å². The number of primary amides is 1. The summed E-state index contributed by atoms with van der Waals surface area (Å²) in [4.78, 5) is 120. The maximum atomic E-state index is 14.1. The Morgan fingerprint density at radius 1 is 0.493 bits per heavy atom. The molecule has 0 saturated carbocycles. The number of carbonyl (C=O) groups is 9. The number of hydrogen-bond donors (Lipinski definition) is 7. The second-order valence-electron chi connectivity index (χ2n) is 20.0. The normalized spacial score (nSPS) is 13.7. The van der Waals surface area contributed by atoms with Crippen molar-refractivity contribution < 1.29 is 43.2 Å². The molecule has 0 aromatic heterocycles. The van der Waals surface area contributed by atoms with Gasteiger partial charge in [-0.3, -0.25) is 43.2 Å². The molecule has 4 aromatic rings. The van der Waals surface area contributed by atoms with Gasteiger partial charge in [0, 0.05) is 35.8 Å². The number of amides is 6. The summed E-state index contributed by atoms with van der Waals surface area (Å²) in [5, 5.41) is 15.2. The van der Waals surface area contributed by atoms with E-state index in [1.165, 1.54) is 55.4 Å². The van der Waals surface area contributed by atoms with Gasteiger partial charge < -0.3 is 38.1 Å². The van der Waals surface area contributed by atoms with E-state index in [-0.39, 0.29) is 30.8 Å². The first-order valence-corrected chi connectivity index (χ1v) is 22.9. The van der Waals surface area contributed by atoms with Crippen LogP contribution in [0.5, 0.6) is 0 Å². The Hall–Kier alpha value is -7.07. The third kappa shape index (κ3) is 15.2. The maximum Gasteiger partial charge on any atom is 0.245 e. The molecule has 4 atom stereocenters. The van der Waals surface area contributed by atoms with Crippen LogP contribution < -0.4 is 38.1 Å². The third-order valence-corrected chi connectivity index (χ3v) is 12.0. The zero-order valence-electron chi connectivity index (χ0n) is 41.2. The molecule has 0 fully saturated rings. The summed E-state index contributed by atoms with van der Waals surface area (Å²) >= 11 is 0. The first-order chi connectivity index (χ1) is 32.0. The molecule has 4 rings (SSSR count). The van der Waals surface area contributed by atoms with Crippen LogP contribution in [0.25, 0.3) is 10.8 Å². The molecule has 4 aromatic carbocycles. The molecule has 9 N–H and O–H groups in total. The number of nitrogens with two attached hydrogens (primary N) is 2. The zero-order chi connectivity index (χ0) is 51.6. The van der Waals surface area contributed by atoms with Crippen LogP contribution in [-0.4, -0.2) is 87.0 Å². The van der Waals surface area contributed by atoms with E-state index < -0.39 is 93.7 Å². The summed E-state index contributed by atoms with van der Waals surface area (Å²) < 4.78 is 0. The number of ketones is 3. The zero-order valence-corrected chi connectivity index (χ0v) is 41.2. The Balaban J connectivity index is 1.47. The van der Waals surface area contributed by atoms with Crippen molar-refractivity contribution in [3.8, 4) is 0 Å². The number of benzene rings is 4. The van der Waals surface area contributed by atoms with E-state index in [9.17, 15) is 43.2 Å². The molecule has 6 amide bonds. The number of carbonyl (C=O) groups excluding carboxylic acids is 9. The van der Waals surface area contributed by atoms with Gasteiger partial charge in [0.15, 0.2) is 17.3 Å². The van der Waals surface area contributed by atoms with Gasteiger partial charge in [-0.25, -0.2) is 0 Å². The fourth-order valence-electron chi connectivity index (χ4n) is 7.27. The lowest BCUT2D eigenvalue weighted by molar-refractivity contribution is -0.139. The molecule has 0 aliphatic heterocycles. The van der Waals surface area contributed by atoms with Gasteiger partial charge in [-0.1, -0.05) is 97.1 Å². The second-order valence-corrected chi connectivity index (χ2v) is 20.0. The summed E-state index contributed by atoms with van der Waals surface area (Å²) in [6.45, 7) is 14.6. The minimum atomic E-state index is -1.59. The lowest BCUT2D eigenvalue weighted by Gasteiger charge is -2.32. The minimum Gasteiger partial charge on any atom is -0.368 e. The average Bonchev–Trinajstić information content (AvgIpc) is 3.27. The van der Waals surface area contributed by atoms with Crippen LogP contribution >= 0.6 is 0 Å². The monoisotopic (exact) mass is 946 g/mol. The summed E-state index contributed by atoms with van der Waals surface area (Å²) in [5.74, 6) is -7.27. The molecule has 0 aliphatic carbocycles. The molecule has 368 valence electrons. The van der Waals surface area contributed by atoms with Crippen molar-refractivity contribution in [3.63, 3.8) is 0 Å². The van der Waals surface area contributed by atoms with Gasteiger partial charge in [-0.2, -0.15) is 0 Å². The lowest BCUT2D eigenvalue weighted by atomic mass is 9.85. The van der Waals surface area contributed by atoms with E-state index in [0.717, 1.165) is 16.3 Å². The van der Waals surface area contributed by atoms with Crippen molar-refractivity contribution in [1.82, 2.24) is 26.6 Å². The standard InChI is InChI=1S/C53H67N7O9/c1-31(44(54)64)56-48(68)52(7,8)59-46(66)39(26-33-20-24-37(25-21-33)43(63)36-17-12-11-13-18-36)30-42(62)51(5,6)58-45(65)32(2)57-49(69)53(9,10)60-47(67)40(29-41(61)50(3,4)55)28-34-22-23-35-16-14-15-19-38(35)27-34/h11-25,27,31-32,39-40H,26,28-30,55H2,1-10H3,(H2,54,64)(H,56,68)(H,57,69)(H,58,65)(H,59,66)(H,60,67). The predicted octanol–water partition coefficient (Wildman–Crippen LogP) is 3.92. The van der Waals surface area contributed by atoms with Gasteiger partial charge >= 0.3 is 0 Å². The Kier molecular flexibility index (Phi) is 17.7. The smallest absolute Gasteiger partial charge is 0.245 e. The number of hydrogen-bond acceptors (Lipinski definition) is 10. The molecule has 0 spiro atoms. The third-order valence-electron chi connectivity index (χ3n) is 12.0. The van der Waals surface area contributed by atoms with Gasteiger partial charge in [0.1, 0.15) is 23.2 Å². The van der Waals surface area contributed by atoms with Gasteiger partial charge in [-0.15, -0.1) is 0 Å². The topological polar surface area (TPSA) is 266 Å². The quantitative estimate of drug-likeness (QED) is 0.0527. The van der Waals surface area contributed by atoms with Gasteiger partial charge in [0.2, 0.25) is 35.4 Å². The highest BCUT2D eigenvalue weighted by Crippen LogP contribution is 2.24. The fourth-order valence-corrected chi connectivity index (χ4v) is 7.27. The Morgan fingerprint density at radius 2 is 0.928 bits per heavy atom. The highest BCUT2D eigenvalue weighted by Gasteiger charge is 2.40. The average molecular weight is 946 g/mol. The molecule has 0 radical (unpaired) electrons. The number of Topliss-reactive ketones (excluding diaryl/α,β-unsaturated/α-hetero) is 2. The summed E-state index contributed by atoms with van der Waals surface area (Å²) in [6.07, 6.45) is -0.420. The molecule has 4 unspecified atom stereocenters. The summed E-state index contributed by atoms with van der Waals surface area (Å²) in [5.41, 5.74) is 7.80. The van der Waals surface area contributed by atoms with Crippen molar-refractivity contribution in [2.75, 3.05) is 0 Å². The number of nitrogens with one attached hydrogen (secondary N) is 5. The Morgan fingerprint density at radius 3 is 1.45 bits per heavy atom. The van der Waals surface area contributed by atoms with Crippen LogP contribution in [0.1, 0.15) is 109 Å². The summed E-state index contributed by atoms with van der Waals surface area (Å²) in [6, 6.07) is 26.5. The molecule has 0 bridgehead atoms. The van der Waals surface area contributed by atoms with Gasteiger partial charge in [0.25, 0.3) is 0 Å². The van der Waals surface area contributed by atoms with E-state index in [0.29, 0.717) is 16.7 Å². The van der Waals surface area contributed by atoms with Crippen LogP contribution in [-0.2, 0) is 51.2 Å². The summed E-state index contributed by atoms with van der Waals surface area (Å²) in [7, 11) is 0. The number of fused-ring (bicyclic) bond motifs is 1. The van der Waals surface area contributed by atoms with E-state index >= 15 is 0 Å². The highest BCUT2D eigenvalue weighted by molar-refractivity contribution is 6.09. The predicted molar refractivity (Wildman–Crippen MR) is 263 cm³/mol. The molecule has 69 heavy (non-hydrogen) atoms. The minimum absolute atomic E-state index is 0.00862. The van der Waals surface area contributed by atoms with E-state index in [2.05, 4.69) is 26.6 Å². The van der Waals surface area contributed by atoms with Crippen LogP contribution in [0.4, 0.5) is 0 Å². The highest BCUT2D eigenvalue weighted by atomic mass is 16.2. The van der Waals surface area contributed by atoms with Crippen molar-refractivity contribution in [2.45, 2.75) is 129 Å². The first-order valence-electron chi connectivity index (χ1n) is 22.9. The van der Waals surface area contributed by atoms with Crippen molar-refractivity contribution in [1.29, 1.82) is 0 Å². The molecule has 0 aliphatic rings. The van der Waals surface area contributed by atoms with Crippen molar-refractivity contribution in [3.05, 3.63) is 119 Å². The molecule has 0 heterocycles. The molecule has 16 nitrogen and oxygen atoms in total. The number of rotatable bonds is 23. The molecule has 0 saturated heterocycles. The fraction of sp³-hybridized carbons (Fsp3) is 0.415. The van der Waals surface area contributed by atoms with Crippen LogP contribution in [0.3, 0.4) is 0 Å². The maximum absolute atomic E-state index is 14.1. The molecular formula is C53H67N7O9. The second kappa shape index (κ2) is 22.4. The van der Waals surface area contributed by atoms with Crippen molar-refractivity contribution >= 4 is 63.6 Å². The first kappa shape index (κ1) is 54.5. The Labute approximate surface area is 403 Å². The van der Waals surface area contributed by atoms with E-state index in [1.54, 1.807) is 68.4 Å². The van der Waals surface area contributed by atoms with Gasteiger partial charge in [0.05, 0.1) is 11.1 Å². The largest absolute Gasteiger partial charge is 0.368 e. The molecular weight excluding hydrogens is 879 g/mol. The van der Waals surface area contributed by atoms with Crippen LogP contribution in [0.2, 0.25) is 0 Å². The van der Waals surface area contributed by atoms with Crippen molar-refractivity contribution in [2.24, 2.45) is 23.3 Å². The Bertz CT molecular complexity index is 2580. The van der Waals surface area contributed by atoms with E-state index in [1.807, 2.05) is 42.5 Å². The van der Waals surface area contributed by atoms with Gasteiger partial charge in [-0.05, 0) is 104 Å².